The third-order valence-corrected chi connectivity index (χ3v) is 2.23. The number of oxime groups is 1. The van der Waals surface area contributed by atoms with Crippen molar-refractivity contribution in [1.29, 1.82) is 0 Å². The smallest absolute Gasteiger partial charge is 0.140 e. The molecule has 0 saturated carbocycles. The highest BCUT2D eigenvalue weighted by atomic mass is 16.4. The van der Waals surface area contributed by atoms with Gasteiger partial charge in [-0.05, 0) is 18.9 Å². The van der Waals surface area contributed by atoms with Gasteiger partial charge in [0.25, 0.3) is 0 Å². The maximum absolute atomic E-state index is 8.75. The van der Waals surface area contributed by atoms with Gasteiger partial charge < -0.3 is 21.4 Å². The lowest BCUT2D eigenvalue weighted by Gasteiger charge is -2.13. The molecular formula is C9H21N3O2. The Morgan fingerprint density at radius 2 is 2.29 bits per heavy atom. The van der Waals surface area contributed by atoms with Crippen LogP contribution < -0.4 is 11.1 Å². The Balaban J connectivity index is 3.41. The topological polar surface area (TPSA) is 90.9 Å². The van der Waals surface area contributed by atoms with E-state index in [0.29, 0.717) is 18.9 Å². The summed E-state index contributed by atoms with van der Waals surface area (Å²) >= 11 is 0. The van der Waals surface area contributed by atoms with Crippen molar-refractivity contribution in [3.63, 3.8) is 0 Å². The second-order valence-corrected chi connectivity index (χ2v) is 3.33. The molecule has 0 aromatic rings. The predicted molar refractivity (Wildman–Crippen MR) is 56.4 cm³/mol. The summed E-state index contributed by atoms with van der Waals surface area (Å²) in [5.74, 6) is 0.750. The Morgan fingerprint density at radius 1 is 1.57 bits per heavy atom. The first-order valence-corrected chi connectivity index (χ1v) is 5.02. The van der Waals surface area contributed by atoms with E-state index in [-0.39, 0.29) is 12.4 Å². The molecule has 0 rings (SSSR count). The number of rotatable bonds is 8. The highest BCUT2D eigenvalue weighted by molar-refractivity contribution is 5.79. The van der Waals surface area contributed by atoms with Crippen LogP contribution in [0, 0.1) is 5.92 Å². The molecule has 0 aliphatic carbocycles. The summed E-state index contributed by atoms with van der Waals surface area (Å²) in [6, 6.07) is 0. The van der Waals surface area contributed by atoms with Crippen LogP contribution in [0.2, 0.25) is 0 Å². The monoisotopic (exact) mass is 203 g/mol. The fourth-order valence-corrected chi connectivity index (χ4v) is 1.21. The van der Waals surface area contributed by atoms with Crippen molar-refractivity contribution in [3.05, 3.63) is 0 Å². The number of nitrogens with one attached hydrogen (secondary N) is 1. The Morgan fingerprint density at radius 3 is 2.79 bits per heavy atom. The van der Waals surface area contributed by atoms with Gasteiger partial charge in [-0.15, -0.1) is 0 Å². The van der Waals surface area contributed by atoms with E-state index in [4.69, 9.17) is 16.0 Å². The molecule has 1 atom stereocenters. The molecule has 0 spiro atoms. The van der Waals surface area contributed by atoms with Crippen LogP contribution in [0.3, 0.4) is 0 Å². The van der Waals surface area contributed by atoms with E-state index in [1.54, 1.807) is 0 Å². The lowest BCUT2D eigenvalue weighted by atomic mass is 10.0. The third kappa shape index (κ3) is 6.68. The molecule has 0 aromatic heterocycles. The first kappa shape index (κ1) is 13.2. The van der Waals surface area contributed by atoms with Crippen LogP contribution in [0.25, 0.3) is 0 Å². The molecule has 0 radical (unpaired) electrons. The molecule has 0 aromatic carbocycles. The van der Waals surface area contributed by atoms with Gasteiger partial charge >= 0.3 is 0 Å². The third-order valence-electron chi connectivity index (χ3n) is 2.23. The summed E-state index contributed by atoms with van der Waals surface area (Å²) in [6.45, 7) is 3.92. The van der Waals surface area contributed by atoms with Gasteiger partial charge in [0.05, 0.1) is 0 Å². The van der Waals surface area contributed by atoms with Gasteiger partial charge in [0.15, 0.2) is 0 Å². The Labute approximate surface area is 85.0 Å². The maximum Gasteiger partial charge on any atom is 0.140 e. The van der Waals surface area contributed by atoms with Crippen molar-refractivity contribution in [2.45, 2.75) is 26.2 Å². The van der Waals surface area contributed by atoms with Crippen molar-refractivity contribution in [1.82, 2.24) is 5.32 Å². The van der Waals surface area contributed by atoms with E-state index in [1.165, 1.54) is 0 Å². The first-order valence-electron chi connectivity index (χ1n) is 5.02. The van der Waals surface area contributed by atoms with Crippen LogP contribution in [0.5, 0.6) is 0 Å². The maximum atomic E-state index is 8.75. The summed E-state index contributed by atoms with van der Waals surface area (Å²) in [6.07, 6.45) is 2.43. The molecule has 0 bridgehead atoms. The van der Waals surface area contributed by atoms with Crippen LogP contribution in [-0.4, -0.2) is 35.8 Å². The number of amidine groups is 1. The normalized spacial score (nSPS) is 14.3. The van der Waals surface area contributed by atoms with Crippen LogP contribution in [0.4, 0.5) is 0 Å². The first-order chi connectivity index (χ1) is 6.74. The quantitative estimate of drug-likeness (QED) is 0.148. The minimum atomic E-state index is 0.237. The Hall–Kier alpha value is -0.810. The molecule has 0 fully saturated rings. The van der Waals surface area contributed by atoms with Gasteiger partial charge in [0, 0.05) is 19.6 Å². The number of nitrogens with two attached hydrogens (primary N) is 1. The van der Waals surface area contributed by atoms with Gasteiger partial charge in [-0.2, -0.15) is 0 Å². The highest BCUT2D eigenvalue weighted by Crippen LogP contribution is 2.05. The standard InChI is InChI=1S/C9H21N3O2/c1-2-8(4-6-13)7-11-5-3-9(10)12-14/h8,11,13-14H,2-7H2,1H3,(H2,10,12). The molecular weight excluding hydrogens is 182 g/mol. The summed E-state index contributed by atoms with van der Waals surface area (Å²) < 4.78 is 0. The Bertz CT molecular complexity index is 162. The van der Waals surface area contributed by atoms with Crippen molar-refractivity contribution in [2.75, 3.05) is 19.7 Å². The summed E-state index contributed by atoms with van der Waals surface area (Å²) in [7, 11) is 0. The number of nitrogens with zero attached hydrogens (tertiary/aromatic N) is 1. The second kappa shape index (κ2) is 8.77. The molecule has 5 N–H and O–H groups in total. The number of hydrogen-bond donors (Lipinski definition) is 4. The van der Waals surface area contributed by atoms with E-state index in [0.717, 1.165) is 19.4 Å². The molecule has 0 aliphatic heterocycles. The van der Waals surface area contributed by atoms with Crippen molar-refractivity contribution < 1.29 is 10.3 Å². The average Bonchev–Trinajstić information content (AvgIpc) is 2.22. The molecule has 0 aliphatic rings. The van der Waals surface area contributed by atoms with Crippen LogP contribution >= 0.6 is 0 Å². The van der Waals surface area contributed by atoms with Gasteiger partial charge in [0.2, 0.25) is 0 Å². The summed E-state index contributed by atoms with van der Waals surface area (Å²) in [4.78, 5) is 0. The zero-order valence-corrected chi connectivity index (χ0v) is 8.74. The lowest BCUT2D eigenvalue weighted by molar-refractivity contribution is 0.251. The summed E-state index contributed by atoms with van der Waals surface area (Å²) in [5.41, 5.74) is 5.30. The minimum Gasteiger partial charge on any atom is -0.409 e. The molecule has 5 heteroatoms. The van der Waals surface area contributed by atoms with E-state index < -0.39 is 0 Å². The van der Waals surface area contributed by atoms with Gasteiger partial charge in [-0.25, -0.2) is 0 Å². The average molecular weight is 203 g/mol. The molecule has 14 heavy (non-hydrogen) atoms. The van der Waals surface area contributed by atoms with E-state index in [2.05, 4.69) is 17.4 Å². The summed E-state index contributed by atoms with van der Waals surface area (Å²) in [5, 5.41) is 23.1. The highest BCUT2D eigenvalue weighted by Gasteiger charge is 2.04. The molecule has 84 valence electrons. The minimum absolute atomic E-state index is 0.237. The number of hydrogen-bond acceptors (Lipinski definition) is 4. The van der Waals surface area contributed by atoms with E-state index in [9.17, 15) is 0 Å². The number of aliphatic hydroxyl groups excluding tert-OH is 1. The van der Waals surface area contributed by atoms with Gasteiger partial charge in [0.1, 0.15) is 5.84 Å². The molecule has 1 unspecified atom stereocenters. The second-order valence-electron chi connectivity index (χ2n) is 3.33. The molecule has 0 heterocycles. The molecule has 0 amide bonds. The fourth-order valence-electron chi connectivity index (χ4n) is 1.21. The zero-order valence-electron chi connectivity index (χ0n) is 8.74. The SMILES string of the molecule is CCC(CCO)CNCCC(N)=NO. The van der Waals surface area contributed by atoms with E-state index in [1.807, 2.05) is 0 Å². The molecule has 0 saturated heterocycles. The van der Waals surface area contributed by atoms with Crippen molar-refractivity contribution in [2.24, 2.45) is 16.8 Å². The molecule has 5 nitrogen and oxygen atoms in total. The largest absolute Gasteiger partial charge is 0.409 e. The fraction of sp³-hybridized carbons (Fsp3) is 0.889. The van der Waals surface area contributed by atoms with Gasteiger partial charge in [-0.3, -0.25) is 0 Å². The van der Waals surface area contributed by atoms with Crippen molar-refractivity contribution >= 4 is 5.84 Å². The van der Waals surface area contributed by atoms with Crippen LogP contribution in [-0.2, 0) is 0 Å². The van der Waals surface area contributed by atoms with Crippen LogP contribution in [0.15, 0.2) is 5.16 Å². The van der Waals surface area contributed by atoms with Crippen molar-refractivity contribution in [3.8, 4) is 0 Å². The number of aliphatic hydroxyl groups is 1. The Kier molecular flexibility index (Phi) is 8.27. The lowest BCUT2D eigenvalue weighted by Crippen LogP contribution is -2.27. The van der Waals surface area contributed by atoms with Gasteiger partial charge in [-0.1, -0.05) is 18.5 Å². The van der Waals surface area contributed by atoms with Crippen LogP contribution in [0.1, 0.15) is 26.2 Å². The predicted octanol–water partition coefficient (Wildman–Crippen LogP) is 0.121. The zero-order chi connectivity index (χ0) is 10.8. The van der Waals surface area contributed by atoms with E-state index >= 15 is 0 Å².